The first kappa shape index (κ1) is 22.4. The van der Waals surface area contributed by atoms with Crippen molar-refractivity contribution in [2.24, 2.45) is 0 Å². The van der Waals surface area contributed by atoms with Crippen LogP contribution in [-0.2, 0) is 9.59 Å². The molecule has 0 aromatic heterocycles. The van der Waals surface area contributed by atoms with Crippen molar-refractivity contribution in [1.82, 2.24) is 0 Å². The smallest absolute Gasteiger partial charge is 0.282 e. The Morgan fingerprint density at radius 1 is 0.788 bits per heavy atom. The van der Waals surface area contributed by atoms with Crippen LogP contribution in [0, 0.1) is 0 Å². The van der Waals surface area contributed by atoms with Crippen molar-refractivity contribution < 1.29 is 19.1 Å². The molecule has 0 unspecified atom stereocenters. The van der Waals surface area contributed by atoms with Crippen molar-refractivity contribution in [1.29, 1.82) is 0 Å². The van der Waals surface area contributed by atoms with E-state index in [4.69, 9.17) is 21.1 Å². The molecule has 168 valence electrons. The van der Waals surface area contributed by atoms with Gasteiger partial charge in [-0.3, -0.25) is 9.59 Å². The zero-order valence-electron chi connectivity index (χ0n) is 18.3. The Balaban J connectivity index is 1.76. The molecule has 2 amide bonds. The molecule has 3 aromatic rings. The number of benzene rings is 3. The number of amides is 2. The normalized spacial score (nSPS) is 13.5. The highest BCUT2D eigenvalue weighted by molar-refractivity contribution is 6.48. The topological polar surface area (TPSA) is 67.9 Å². The zero-order chi connectivity index (χ0) is 23.4. The van der Waals surface area contributed by atoms with Crippen molar-refractivity contribution in [2.75, 3.05) is 23.4 Å². The molecule has 3 aromatic carbocycles. The van der Waals surface area contributed by atoms with Crippen molar-refractivity contribution in [2.45, 2.75) is 13.8 Å². The van der Waals surface area contributed by atoms with Crippen LogP contribution in [-0.4, -0.2) is 25.0 Å². The summed E-state index contributed by atoms with van der Waals surface area (Å²) < 4.78 is 11.0. The van der Waals surface area contributed by atoms with Crippen LogP contribution in [0.5, 0.6) is 11.5 Å². The highest BCUT2D eigenvalue weighted by atomic mass is 35.5. The molecule has 1 aliphatic rings. The summed E-state index contributed by atoms with van der Waals surface area (Å²) in [5, 5.41) is 3.45. The van der Waals surface area contributed by atoms with Gasteiger partial charge in [0.1, 0.15) is 17.2 Å². The first-order chi connectivity index (χ1) is 16.0. The predicted octanol–water partition coefficient (Wildman–Crippen LogP) is 5.53. The third kappa shape index (κ3) is 4.56. The molecule has 0 spiro atoms. The fourth-order valence-corrected chi connectivity index (χ4v) is 3.82. The Labute approximate surface area is 197 Å². The number of rotatable bonds is 8. The summed E-state index contributed by atoms with van der Waals surface area (Å²) in [7, 11) is 0. The fourth-order valence-electron chi connectivity index (χ4n) is 3.60. The number of ether oxygens (including phenoxy) is 2. The second-order valence-corrected chi connectivity index (χ2v) is 7.59. The lowest BCUT2D eigenvalue weighted by Gasteiger charge is -2.16. The third-order valence-corrected chi connectivity index (χ3v) is 5.39. The van der Waals surface area contributed by atoms with Crippen LogP contribution in [0.2, 0.25) is 5.02 Å². The number of nitrogens with one attached hydrogen (secondary N) is 1. The maximum Gasteiger partial charge on any atom is 0.282 e. The number of nitrogens with zero attached hydrogens (tertiary/aromatic N) is 1. The Morgan fingerprint density at radius 2 is 1.36 bits per heavy atom. The minimum Gasteiger partial charge on any atom is -0.494 e. The van der Waals surface area contributed by atoms with E-state index in [2.05, 4.69) is 5.32 Å². The van der Waals surface area contributed by atoms with Crippen molar-refractivity contribution >= 4 is 40.4 Å². The molecule has 0 aliphatic carbocycles. The van der Waals surface area contributed by atoms with Crippen LogP contribution < -0.4 is 19.7 Å². The Hall–Kier alpha value is -3.77. The molecule has 0 saturated carbocycles. The zero-order valence-corrected chi connectivity index (χ0v) is 19.1. The Kier molecular flexibility index (Phi) is 6.66. The van der Waals surface area contributed by atoms with Crippen LogP contribution in [0.3, 0.4) is 0 Å². The molecule has 1 N–H and O–H groups in total. The van der Waals surface area contributed by atoms with E-state index < -0.39 is 11.8 Å². The molecule has 0 atom stereocenters. The lowest BCUT2D eigenvalue weighted by Crippen LogP contribution is -2.32. The molecule has 33 heavy (non-hydrogen) atoms. The van der Waals surface area contributed by atoms with Gasteiger partial charge in [0.25, 0.3) is 11.8 Å². The number of carbonyl (C=O) groups excluding carboxylic acids is 2. The molecule has 0 radical (unpaired) electrons. The fraction of sp³-hybridized carbons (Fsp3) is 0.154. The molecule has 0 bridgehead atoms. The van der Waals surface area contributed by atoms with Gasteiger partial charge in [0, 0.05) is 5.69 Å². The van der Waals surface area contributed by atoms with E-state index in [1.54, 1.807) is 72.8 Å². The number of imide groups is 1. The highest BCUT2D eigenvalue weighted by Gasteiger charge is 2.41. The predicted molar refractivity (Wildman–Crippen MR) is 130 cm³/mol. The summed E-state index contributed by atoms with van der Waals surface area (Å²) in [6, 6.07) is 21.0. The third-order valence-electron chi connectivity index (χ3n) is 5.07. The van der Waals surface area contributed by atoms with Gasteiger partial charge in [-0.25, -0.2) is 4.90 Å². The molecule has 6 nitrogen and oxygen atoms in total. The van der Waals surface area contributed by atoms with Crippen LogP contribution in [0.25, 0.3) is 5.57 Å². The van der Waals surface area contributed by atoms with Gasteiger partial charge in [0.2, 0.25) is 0 Å². The summed E-state index contributed by atoms with van der Waals surface area (Å²) >= 11 is 6.32. The van der Waals surface area contributed by atoms with Gasteiger partial charge < -0.3 is 14.8 Å². The molecule has 0 fully saturated rings. The standard InChI is InChI=1S/C26H23ClN2O4/c1-3-32-19-13-9-17(10-14-19)23-24(28-18-11-15-20(16-12-18)33-4-2)26(31)29(25(23)30)22-8-6-5-7-21(22)27/h5-16,28H,3-4H2,1-2H3. The number of anilines is 2. The van der Waals surface area contributed by atoms with Crippen molar-refractivity contribution in [3.8, 4) is 11.5 Å². The average molecular weight is 463 g/mol. The molecular formula is C26H23ClN2O4. The molecule has 0 saturated heterocycles. The van der Waals surface area contributed by atoms with Gasteiger partial charge in [-0.1, -0.05) is 35.9 Å². The van der Waals surface area contributed by atoms with E-state index in [1.165, 1.54) is 0 Å². The minimum absolute atomic E-state index is 0.174. The molecule has 1 aliphatic heterocycles. The summed E-state index contributed by atoms with van der Waals surface area (Å²) in [4.78, 5) is 28.1. The summed E-state index contributed by atoms with van der Waals surface area (Å²) in [5.41, 5.74) is 2.02. The highest BCUT2D eigenvalue weighted by Crippen LogP contribution is 2.37. The van der Waals surface area contributed by atoms with Gasteiger partial charge in [0.05, 0.1) is 29.5 Å². The lowest BCUT2D eigenvalue weighted by atomic mass is 10.0. The van der Waals surface area contributed by atoms with Crippen LogP contribution in [0.1, 0.15) is 19.4 Å². The molecule has 7 heteroatoms. The Bertz CT molecular complexity index is 1200. The average Bonchev–Trinajstić information content (AvgIpc) is 3.06. The van der Waals surface area contributed by atoms with Crippen LogP contribution in [0.4, 0.5) is 11.4 Å². The van der Waals surface area contributed by atoms with E-state index in [1.807, 2.05) is 13.8 Å². The number of hydrogen-bond donors (Lipinski definition) is 1. The van der Waals surface area contributed by atoms with Gasteiger partial charge in [-0.05, 0) is 67.9 Å². The SMILES string of the molecule is CCOc1ccc(NC2=C(c3ccc(OCC)cc3)C(=O)N(c3ccccc3Cl)C2=O)cc1. The van der Waals surface area contributed by atoms with Crippen LogP contribution >= 0.6 is 11.6 Å². The summed E-state index contributed by atoms with van der Waals surface area (Å²) in [6.45, 7) is 4.89. The van der Waals surface area contributed by atoms with Gasteiger partial charge >= 0.3 is 0 Å². The summed E-state index contributed by atoms with van der Waals surface area (Å²) in [5.74, 6) is 0.467. The van der Waals surface area contributed by atoms with Crippen molar-refractivity contribution in [3.05, 3.63) is 89.1 Å². The quantitative estimate of drug-likeness (QED) is 0.445. The van der Waals surface area contributed by atoms with Gasteiger partial charge in [-0.2, -0.15) is 0 Å². The number of para-hydroxylation sites is 1. The first-order valence-corrected chi connectivity index (χ1v) is 11.0. The number of hydrogen-bond acceptors (Lipinski definition) is 5. The molecular weight excluding hydrogens is 440 g/mol. The van der Waals surface area contributed by atoms with E-state index in [9.17, 15) is 9.59 Å². The van der Waals surface area contributed by atoms with Gasteiger partial charge in [-0.15, -0.1) is 0 Å². The lowest BCUT2D eigenvalue weighted by molar-refractivity contribution is -0.120. The largest absolute Gasteiger partial charge is 0.494 e. The number of carbonyl (C=O) groups is 2. The van der Waals surface area contributed by atoms with E-state index in [-0.39, 0.29) is 11.3 Å². The molecule has 1 heterocycles. The van der Waals surface area contributed by atoms with E-state index in [0.717, 1.165) is 10.6 Å². The van der Waals surface area contributed by atoms with E-state index >= 15 is 0 Å². The monoisotopic (exact) mass is 462 g/mol. The maximum atomic E-state index is 13.5. The van der Waals surface area contributed by atoms with E-state index in [0.29, 0.717) is 40.9 Å². The second-order valence-electron chi connectivity index (χ2n) is 7.19. The molecule has 4 rings (SSSR count). The summed E-state index contributed by atoms with van der Waals surface area (Å²) in [6.07, 6.45) is 0. The Morgan fingerprint density at radius 3 is 1.94 bits per heavy atom. The van der Waals surface area contributed by atoms with Gasteiger partial charge in [0.15, 0.2) is 0 Å². The second kappa shape index (κ2) is 9.79. The van der Waals surface area contributed by atoms with Crippen molar-refractivity contribution in [3.63, 3.8) is 0 Å². The number of halogens is 1. The first-order valence-electron chi connectivity index (χ1n) is 10.6. The minimum atomic E-state index is -0.481. The van der Waals surface area contributed by atoms with Crippen LogP contribution in [0.15, 0.2) is 78.5 Å². The maximum absolute atomic E-state index is 13.5.